The number of nitrogens with one attached hydrogen (secondary N) is 1. The number of fused-ring (bicyclic) bond motifs is 1. The number of carbonyl (C=O) groups excluding carboxylic acids is 2. The van der Waals surface area contributed by atoms with E-state index in [1.165, 1.54) is 17.5 Å². The Labute approximate surface area is 124 Å². The van der Waals surface area contributed by atoms with E-state index in [1.54, 1.807) is 0 Å². The lowest BCUT2D eigenvalue weighted by Gasteiger charge is -2.08. The Morgan fingerprint density at radius 1 is 1.19 bits per heavy atom. The molecule has 0 fully saturated rings. The third kappa shape index (κ3) is 5.10. The van der Waals surface area contributed by atoms with E-state index in [0.29, 0.717) is 19.4 Å². The Morgan fingerprint density at radius 3 is 2.81 bits per heavy atom. The summed E-state index contributed by atoms with van der Waals surface area (Å²) < 4.78 is 5.50. The van der Waals surface area contributed by atoms with Gasteiger partial charge in [-0.2, -0.15) is 0 Å². The molecule has 5 nitrogen and oxygen atoms in total. The number of primary amides is 1. The van der Waals surface area contributed by atoms with Crippen molar-refractivity contribution in [3.63, 3.8) is 0 Å². The molecule has 1 aliphatic rings. The zero-order valence-corrected chi connectivity index (χ0v) is 12.2. The van der Waals surface area contributed by atoms with Crippen LogP contribution < -0.4 is 15.8 Å². The molecule has 0 heterocycles. The maximum absolute atomic E-state index is 11.6. The molecular formula is C16H22N2O3. The Balaban J connectivity index is 1.63. The molecule has 21 heavy (non-hydrogen) atoms. The first-order chi connectivity index (χ1) is 10.1. The van der Waals surface area contributed by atoms with Crippen molar-refractivity contribution in [3.05, 3.63) is 29.3 Å². The van der Waals surface area contributed by atoms with Crippen LogP contribution in [0.4, 0.5) is 0 Å². The molecule has 0 aliphatic heterocycles. The van der Waals surface area contributed by atoms with Gasteiger partial charge < -0.3 is 15.8 Å². The van der Waals surface area contributed by atoms with E-state index < -0.39 is 0 Å². The van der Waals surface area contributed by atoms with E-state index >= 15 is 0 Å². The predicted octanol–water partition coefficient (Wildman–Crippen LogP) is 1.33. The molecule has 3 N–H and O–H groups in total. The van der Waals surface area contributed by atoms with Crippen LogP contribution in [-0.2, 0) is 22.4 Å². The van der Waals surface area contributed by atoms with Gasteiger partial charge in [0.15, 0.2) is 6.61 Å². The second-order valence-electron chi connectivity index (χ2n) is 5.35. The van der Waals surface area contributed by atoms with E-state index in [1.807, 2.05) is 12.1 Å². The summed E-state index contributed by atoms with van der Waals surface area (Å²) >= 11 is 0. The fourth-order valence-corrected chi connectivity index (χ4v) is 2.49. The van der Waals surface area contributed by atoms with E-state index in [4.69, 9.17) is 10.5 Å². The molecule has 0 saturated heterocycles. The molecule has 0 aromatic heterocycles. The lowest BCUT2D eigenvalue weighted by atomic mass is 10.1. The van der Waals surface area contributed by atoms with Crippen LogP contribution in [0, 0.1) is 0 Å². The van der Waals surface area contributed by atoms with E-state index in [2.05, 4.69) is 11.4 Å². The standard InChI is InChI=1S/C16H22N2O3/c17-15(19)6-1-2-9-18-16(20)11-21-14-8-7-12-4-3-5-13(12)10-14/h7-8,10H,1-6,9,11H2,(H2,17,19)(H,18,20). The minimum atomic E-state index is -0.304. The van der Waals surface area contributed by atoms with Gasteiger partial charge in [-0.1, -0.05) is 6.07 Å². The summed E-state index contributed by atoms with van der Waals surface area (Å²) in [5.41, 5.74) is 7.76. The largest absolute Gasteiger partial charge is 0.484 e. The number of amides is 2. The highest BCUT2D eigenvalue weighted by molar-refractivity contribution is 5.77. The molecule has 0 bridgehead atoms. The summed E-state index contributed by atoms with van der Waals surface area (Å²) in [6.07, 6.45) is 5.24. The quantitative estimate of drug-likeness (QED) is 0.709. The van der Waals surface area contributed by atoms with Crippen molar-refractivity contribution in [2.24, 2.45) is 5.73 Å². The number of hydrogen-bond acceptors (Lipinski definition) is 3. The monoisotopic (exact) mass is 290 g/mol. The van der Waals surface area contributed by atoms with Gasteiger partial charge in [0.1, 0.15) is 5.75 Å². The highest BCUT2D eigenvalue weighted by Crippen LogP contribution is 2.25. The van der Waals surface area contributed by atoms with Crippen molar-refractivity contribution in [1.29, 1.82) is 0 Å². The predicted molar refractivity (Wildman–Crippen MR) is 80.0 cm³/mol. The maximum Gasteiger partial charge on any atom is 0.257 e. The summed E-state index contributed by atoms with van der Waals surface area (Å²) in [7, 11) is 0. The Kier molecular flexibility index (Phi) is 5.60. The second kappa shape index (κ2) is 7.67. The van der Waals surface area contributed by atoms with Gasteiger partial charge in [0, 0.05) is 13.0 Å². The zero-order valence-electron chi connectivity index (χ0n) is 12.2. The molecule has 5 heteroatoms. The summed E-state index contributed by atoms with van der Waals surface area (Å²) in [4.78, 5) is 22.2. The van der Waals surface area contributed by atoms with Gasteiger partial charge in [-0.05, 0) is 55.4 Å². The van der Waals surface area contributed by atoms with Crippen molar-refractivity contribution >= 4 is 11.8 Å². The number of nitrogens with two attached hydrogens (primary N) is 1. The minimum absolute atomic E-state index is 0.0224. The van der Waals surface area contributed by atoms with E-state index in [0.717, 1.165) is 25.0 Å². The number of carbonyl (C=O) groups is 2. The average Bonchev–Trinajstić information content (AvgIpc) is 2.92. The number of hydrogen-bond donors (Lipinski definition) is 2. The summed E-state index contributed by atoms with van der Waals surface area (Å²) in [5.74, 6) is 0.301. The molecular weight excluding hydrogens is 268 g/mol. The van der Waals surface area contributed by atoms with E-state index in [9.17, 15) is 9.59 Å². The molecule has 0 atom stereocenters. The van der Waals surface area contributed by atoms with Crippen LogP contribution in [0.2, 0.25) is 0 Å². The number of aryl methyl sites for hydroxylation is 2. The Morgan fingerprint density at radius 2 is 2.00 bits per heavy atom. The number of benzene rings is 1. The van der Waals surface area contributed by atoms with E-state index in [-0.39, 0.29) is 18.4 Å². The summed E-state index contributed by atoms with van der Waals surface area (Å²) in [5, 5.41) is 2.76. The van der Waals surface area contributed by atoms with Crippen LogP contribution in [0.5, 0.6) is 5.75 Å². The maximum atomic E-state index is 11.6. The third-order valence-electron chi connectivity index (χ3n) is 3.61. The van der Waals surface area contributed by atoms with Crippen molar-refractivity contribution in [2.45, 2.75) is 38.5 Å². The molecule has 1 aromatic carbocycles. The molecule has 114 valence electrons. The third-order valence-corrected chi connectivity index (χ3v) is 3.61. The first-order valence-corrected chi connectivity index (χ1v) is 7.45. The molecule has 0 saturated carbocycles. The fraction of sp³-hybridized carbons (Fsp3) is 0.500. The van der Waals surface area contributed by atoms with Crippen molar-refractivity contribution in [1.82, 2.24) is 5.32 Å². The zero-order chi connectivity index (χ0) is 15.1. The smallest absolute Gasteiger partial charge is 0.257 e. The SMILES string of the molecule is NC(=O)CCCCNC(=O)COc1ccc2c(c1)CCC2. The van der Waals surface area contributed by atoms with Gasteiger partial charge >= 0.3 is 0 Å². The molecule has 1 aromatic rings. The van der Waals surface area contributed by atoms with Crippen molar-refractivity contribution < 1.29 is 14.3 Å². The van der Waals surface area contributed by atoms with Crippen molar-refractivity contribution in [2.75, 3.05) is 13.2 Å². The number of ether oxygens (including phenoxy) is 1. The number of unbranched alkanes of at least 4 members (excludes halogenated alkanes) is 1. The van der Waals surface area contributed by atoms with Gasteiger partial charge in [0.05, 0.1) is 0 Å². The highest BCUT2D eigenvalue weighted by atomic mass is 16.5. The molecule has 2 amide bonds. The Hall–Kier alpha value is -2.04. The normalized spacial score (nSPS) is 12.8. The lowest BCUT2D eigenvalue weighted by Crippen LogP contribution is -2.29. The van der Waals surface area contributed by atoms with Crippen LogP contribution in [0.1, 0.15) is 36.8 Å². The summed E-state index contributed by atoms with van der Waals surface area (Å²) in [6, 6.07) is 6.03. The van der Waals surface area contributed by atoms with Gasteiger partial charge in [0.2, 0.25) is 5.91 Å². The van der Waals surface area contributed by atoms with Crippen LogP contribution >= 0.6 is 0 Å². The van der Waals surface area contributed by atoms with Crippen molar-refractivity contribution in [3.8, 4) is 5.75 Å². The Bertz CT molecular complexity index is 514. The second-order valence-corrected chi connectivity index (χ2v) is 5.35. The van der Waals surface area contributed by atoms with Gasteiger partial charge in [0.25, 0.3) is 5.91 Å². The molecule has 0 spiro atoms. The molecule has 0 unspecified atom stereocenters. The van der Waals surface area contributed by atoms with Crippen LogP contribution in [0.15, 0.2) is 18.2 Å². The lowest BCUT2D eigenvalue weighted by molar-refractivity contribution is -0.123. The van der Waals surface area contributed by atoms with Crippen LogP contribution in [0.25, 0.3) is 0 Å². The fourth-order valence-electron chi connectivity index (χ4n) is 2.49. The topological polar surface area (TPSA) is 81.4 Å². The first-order valence-electron chi connectivity index (χ1n) is 7.45. The average molecular weight is 290 g/mol. The minimum Gasteiger partial charge on any atom is -0.484 e. The van der Waals surface area contributed by atoms with Gasteiger partial charge in [-0.3, -0.25) is 9.59 Å². The van der Waals surface area contributed by atoms with Gasteiger partial charge in [-0.25, -0.2) is 0 Å². The van der Waals surface area contributed by atoms with Crippen LogP contribution in [-0.4, -0.2) is 25.0 Å². The van der Waals surface area contributed by atoms with Crippen LogP contribution in [0.3, 0.4) is 0 Å². The molecule has 0 radical (unpaired) electrons. The molecule has 2 rings (SSSR count). The summed E-state index contributed by atoms with van der Waals surface area (Å²) in [6.45, 7) is 0.564. The molecule has 1 aliphatic carbocycles. The highest BCUT2D eigenvalue weighted by Gasteiger charge is 2.11. The number of rotatable bonds is 8. The first kappa shape index (κ1) is 15.4. The van der Waals surface area contributed by atoms with Gasteiger partial charge in [-0.15, -0.1) is 0 Å².